The van der Waals surface area contributed by atoms with Gasteiger partial charge in [0.2, 0.25) is 0 Å². The van der Waals surface area contributed by atoms with Gasteiger partial charge in [-0.05, 0) is 27.7 Å². The molecule has 2 aromatic rings. The fraction of sp³-hybridized carbons (Fsp3) is 0.455. The van der Waals surface area contributed by atoms with Crippen LogP contribution in [0, 0.1) is 27.7 Å². The number of hydrogen-bond acceptors (Lipinski definition) is 4. The SMILES string of the molecule is Cc1nc(C)c(CNc2c(C)n[nH]c2C)s1. The molecular weight excluding hydrogens is 220 g/mol. The van der Waals surface area contributed by atoms with Gasteiger partial charge in [0.05, 0.1) is 34.3 Å². The van der Waals surface area contributed by atoms with Crippen molar-refractivity contribution in [3.8, 4) is 0 Å². The van der Waals surface area contributed by atoms with Crippen LogP contribution in [-0.4, -0.2) is 15.2 Å². The van der Waals surface area contributed by atoms with Gasteiger partial charge in [-0.3, -0.25) is 5.10 Å². The highest BCUT2D eigenvalue weighted by atomic mass is 32.1. The molecular formula is C11H16N4S. The van der Waals surface area contributed by atoms with Crippen LogP contribution in [0.4, 0.5) is 5.69 Å². The molecule has 0 aliphatic heterocycles. The summed E-state index contributed by atoms with van der Waals surface area (Å²) in [4.78, 5) is 5.70. The Kier molecular flexibility index (Phi) is 2.96. The van der Waals surface area contributed by atoms with Crippen LogP contribution < -0.4 is 5.32 Å². The Labute approximate surface area is 99.1 Å². The smallest absolute Gasteiger partial charge is 0.0900 e. The molecule has 2 heterocycles. The molecule has 2 aromatic heterocycles. The number of aryl methyl sites for hydroxylation is 4. The van der Waals surface area contributed by atoms with Crippen molar-refractivity contribution in [3.63, 3.8) is 0 Å². The first-order valence-corrected chi connectivity index (χ1v) is 6.08. The average molecular weight is 236 g/mol. The van der Waals surface area contributed by atoms with Gasteiger partial charge in [-0.2, -0.15) is 5.10 Å². The van der Waals surface area contributed by atoms with E-state index >= 15 is 0 Å². The highest BCUT2D eigenvalue weighted by Gasteiger charge is 2.08. The minimum Gasteiger partial charge on any atom is -0.377 e. The van der Waals surface area contributed by atoms with E-state index in [0.717, 1.165) is 34.3 Å². The summed E-state index contributed by atoms with van der Waals surface area (Å²) in [6, 6.07) is 0. The zero-order valence-electron chi connectivity index (χ0n) is 10.0. The van der Waals surface area contributed by atoms with E-state index in [2.05, 4.69) is 27.4 Å². The van der Waals surface area contributed by atoms with E-state index in [1.54, 1.807) is 11.3 Å². The van der Waals surface area contributed by atoms with E-state index in [0.29, 0.717) is 0 Å². The lowest BCUT2D eigenvalue weighted by Gasteiger charge is -2.04. The highest BCUT2D eigenvalue weighted by molar-refractivity contribution is 7.11. The van der Waals surface area contributed by atoms with Crippen LogP contribution in [0.15, 0.2) is 0 Å². The number of H-pyrrole nitrogens is 1. The van der Waals surface area contributed by atoms with Crippen molar-refractivity contribution in [1.29, 1.82) is 0 Å². The first-order valence-electron chi connectivity index (χ1n) is 5.26. The van der Waals surface area contributed by atoms with E-state index < -0.39 is 0 Å². The Hall–Kier alpha value is -1.36. The zero-order chi connectivity index (χ0) is 11.7. The third kappa shape index (κ3) is 2.09. The Bertz CT molecular complexity index is 479. The number of aromatic nitrogens is 3. The van der Waals surface area contributed by atoms with Crippen LogP contribution in [0.25, 0.3) is 0 Å². The number of thiazole rings is 1. The van der Waals surface area contributed by atoms with E-state index in [4.69, 9.17) is 0 Å². The van der Waals surface area contributed by atoms with Crippen molar-refractivity contribution >= 4 is 17.0 Å². The van der Waals surface area contributed by atoms with Crippen molar-refractivity contribution in [2.75, 3.05) is 5.32 Å². The molecule has 0 aliphatic carbocycles. The molecule has 0 aromatic carbocycles. The van der Waals surface area contributed by atoms with Gasteiger partial charge in [-0.1, -0.05) is 0 Å². The zero-order valence-corrected chi connectivity index (χ0v) is 10.8. The number of anilines is 1. The summed E-state index contributed by atoms with van der Waals surface area (Å²) >= 11 is 1.74. The predicted octanol–water partition coefficient (Wildman–Crippen LogP) is 2.71. The van der Waals surface area contributed by atoms with Crippen LogP contribution in [-0.2, 0) is 6.54 Å². The van der Waals surface area contributed by atoms with Gasteiger partial charge in [-0.15, -0.1) is 11.3 Å². The molecule has 16 heavy (non-hydrogen) atoms. The molecule has 2 rings (SSSR count). The summed E-state index contributed by atoms with van der Waals surface area (Å²) < 4.78 is 0. The highest BCUT2D eigenvalue weighted by Crippen LogP contribution is 2.21. The van der Waals surface area contributed by atoms with Crippen molar-refractivity contribution in [2.24, 2.45) is 0 Å². The lowest BCUT2D eigenvalue weighted by molar-refractivity contribution is 1.02. The van der Waals surface area contributed by atoms with Crippen LogP contribution >= 0.6 is 11.3 Å². The normalized spacial score (nSPS) is 10.8. The summed E-state index contributed by atoms with van der Waals surface area (Å²) in [5.74, 6) is 0. The van der Waals surface area contributed by atoms with Crippen LogP contribution in [0.2, 0.25) is 0 Å². The number of nitrogens with zero attached hydrogens (tertiary/aromatic N) is 2. The number of nitrogens with one attached hydrogen (secondary N) is 2. The van der Waals surface area contributed by atoms with Gasteiger partial charge in [0.1, 0.15) is 0 Å². The first-order chi connectivity index (χ1) is 7.58. The minimum atomic E-state index is 0.818. The van der Waals surface area contributed by atoms with Gasteiger partial charge in [0.25, 0.3) is 0 Å². The monoisotopic (exact) mass is 236 g/mol. The second-order valence-corrected chi connectivity index (χ2v) is 5.19. The van der Waals surface area contributed by atoms with Crippen molar-refractivity contribution in [2.45, 2.75) is 34.2 Å². The standard InChI is InChI=1S/C11H16N4S/c1-6-10(16-9(4)13-6)5-12-11-7(2)14-15-8(11)3/h12H,5H2,1-4H3,(H,14,15). The Morgan fingerprint density at radius 2 is 1.94 bits per heavy atom. The number of rotatable bonds is 3. The maximum Gasteiger partial charge on any atom is 0.0900 e. The molecule has 4 nitrogen and oxygen atoms in total. The molecule has 0 unspecified atom stereocenters. The lowest BCUT2D eigenvalue weighted by atomic mass is 10.3. The summed E-state index contributed by atoms with van der Waals surface area (Å²) in [5.41, 5.74) is 4.31. The second-order valence-electron chi connectivity index (χ2n) is 3.90. The first kappa shape index (κ1) is 11.1. The molecule has 0 radical (unpaired) electrons. The maximum absolute atomic E-state index is 4.41. The van der Waals surface area contributed by atoms with E-state index in [9.17, 15) is 0 Å². The molecule has 0 fully saturated rings. The number of aromatic amines is 1. The van der Waals surface area contributed by atoms with Crippen molar-refractivity contribution in [3.05, 3.63) is 27.0 Å². The number of hydrogen-bond donors (Lipinski definition) is 2. The lowest BCUT2D eigenvalue weighted by Crippen LogP contribution is -2.00. The third-order valence-electron chi connectivity index (χ3n) is 2.55. The quantitative estimate of drug-likeness (QED) is 0.861. The Morgan fingerprint density at radius 3 is 2.44 bits per heavy atom. The molecule has 0 bridgehead atoms. The molecule has 5 heteroatoms. The molecule has 0 aliphatic rings. The Morgan fingerprint density at radius 1 is 1.19 bits per heavy atom. The Balaban J connectivity index is 2.11. The fourth-order valence-electron chi connectivity index (χ4n) is 1.72. The second kappa shape index (κ2) is 4.25. The van der Waals surface area contributed by atoms with Gasteiger partial charge >= 0.3 is 0 Å². The van der Waals surface area contributed by atoms with Gasteiger partial charge in [0.15, 0.2) is 0 Å². The van der Waals surface area contributed by atoms with Crippen LogP contribution in [0.5, 0.6) is 0 Å². The molecule has 86 valence electrons. The predicted molar refractivity (Wildman–Crippen MR) is 67.0 cm³/mol. The summed E-state index contributed by atoms with van der Waals surface area (Å²) in [6.45, 7) is 8.92. The van der Waals surface area contributed by atoms with Gasteiger partial charge in [-0.25, -0.2) is 4.98 Å². The summed E-state index contributed by atoms with van der Waals surface area (Å²) in [5, 5.41) is 11.7. The molecule has 0 saturated carbocycles. The summed E-state index contributed by atoms with van der Waals surface area (Å²) in [6.07, 6.45) is 0. The maximum atomic E-state index is 4.41. The fourth-order valence-corrected chi connectivity index (χ4v) is 2.59. The van der Waals surface area contributed by atoms with E-state index in [1.165, 1.54) is 4.88 Å². The summed E-state index contributed by atoms with van der Waals surface area (Å²) in [7, 11) is 0. The average Bonchev–Trinajstić information content (AvgIpc) is 2.69. The largest absolute Gasteiger partial charge is 0.377 e. The van der Waals surface area contributed by atoms with Crippen LogP contribution in [0.1, 0.15) is 27.0 Å². The third-order valence-corrected chi connectivity index (χ3v) is 3.63. The van der Waals surface area contributed by atoms with E-state index in [-0.39, 0.29) is 0 Å². The van der Waals surface area contributed by atoms with Gasteiger partial charge < -0.3 is 5.32 Å². The van der Waals surface area contributed by atoms with Gasteiger partial charge in [0, 0.05) is 4.88 Å². The molecule has 0 atom stereocenters. The molecule has 2 N–H and O–H groups in total. The molecule has 0 amide bonds. The molecule has 0 saturated heterocycles. The van der Waals surface area contributed by atoms with Crippen molar-refractivity contribution in [1.82, 2.24) is 15.2 Å². The van der Waals surface area contributed by atoms with E-state index in [1.807, 2.05) is 20.8 Å². The minimum absolute atomic E-state index is 0.818. The van der Waals surface area contributed by atoms with Crippen LogP contribution in [0.3, 0.4) is 0 Å². The molecule has 0 spiro atoms. The van der Waals surface area contributed by atoms with Crippen molar-refractivity contribution < 1.29 is 0 Å². The topological polar surface area (TPSA) is 53.6 Å².